The zero-order valence-corrected chi connectivity index (χ0v) is 17.1. The van der Waals surface area contributed by atoms with Gasteiger partial charge in [0.05, 0.1) is 12.1 Å². The number of oxazole rings is 1. The fourth-order valence-corrected chi connectivity index (χ4v) is 3.82. The number of halogens is 1. The van der Waals surface area contributed by atoms with Crippen LogP contribution in [0, 0.1) is 5.82 Å². The van der Waals surface area contributed by atoms with Gasteiger partial charge in [-0.15, -0.1) is 0 Å². The number of nitrogens with one attached hydrogen (secondary N) is 1. The summed E-state index contributed by atoms with van der Waals surface area (Å²) in [4.78, 5) is 41.1. The van der Waals surface area contributed by atoms with Gasteiger partial charge < -0.3 is 14.6 Å². The second-order valence-electron chi connectivity index (χ2n) is 7.54. The van der Waals surface area contributed by atoms with Gasteiger partial charge in [-0.2, -0.15) is 0 Å². The maximum Gasteiger partial charge on any atom is 0.420 e. The molecule has 2 heterocycles. The minimum Gasteiger partial charge on any atom is -0.408 e. The Hall–Kier alpha value is -3.46. The number of carbonyl (C=O) groups excluding carboxylic acids is 2. The topological polar surface area (TPSA) is 87.8 Å². The van der Waals surface area contributed by atoms with E-state index in [2.05, 4.69) is 5.32 Å². The first-order valence-corrected chi connectivity index (χ1v) is 10.1. The third-order valence-electron chi connectivity index (χ3n) is 5.42. The Morgan fingerprint density at radius 1 is 1.10 bits per heavy atom. The fraction of sp³-hybridized carbons (Fsp3) is 0.318. The summed E-state index contributed by atoms with van der Waals surface area (Å²) < 4.78 is 19.9. The number of benzene rings is 2. The Morgan fingerprint density at radius 3 is 2.58 bits per heavy atom. The summed E-state index contributed by atoms with van der Waals surface area (Å²) in [5.74, 6) is -1.38. The van der Waals surface area contributed by atoms with Crippen LogP contribution in [0.15, 0.2) is 57.7 Å². The fourth-order valence-electron chi connectivity index (χ4n) is 3.82. The molecule has 1 aliphatic heterocycles. The highest BCUT2D eigenvalue weighted by atomic mass is 19.1. The molecule has 1 saturated heterocycles. The van der Waals surface area contributed by atoms with E-state index in [-0.39, 0.29) is 18.4 Å². The Kier molecular flexibility index (Phi) is 5.85. The molecule has 3 aromatic rings. The van der Waals surface area contributed by atoms with Crippen LogP contribution in [0.4, 0.5) is 10.1 Å². The van der Waals surface area contributed by atoms with Crippen LogP contribution in [0.2, 0.25) is 0 Å². The Morgan fingerprint density at radius 2 is 1.84 bits per heavy atom. The standard InChI is InChI=1S/C22H23FN4O4/c1-15(27-18-7-2-3-8-19(18)31-22(27)30)21(29)26-11-9-25(10-12-26)14-20(28)24-17-6-4-5-16(23)13-17/h2-8,13,15H,9-12,14H2,1H3,(H,24,28). The van der Waals surface area contributed by atoms with Crippen LogP contribution in [-0.2, 0) is 9.59 Å². The number of amides is 2. The molecular weight excluding hydrogens is 403 g/mol. The lowest BCUT2D eigenvalue weighted by Gasteiger charge is -2.35. The van der Waals surface area contributed by atoms with Crippen molar-refractivity contribution in [3.63, 3.8) is 0 Å². The van der Waals surface area contributed by atoms with E-state index in [0.717, 1.165) is 0 Å². The number of aromatic nitrogens is 1. The van der Waals surface area contributed by atoms with E-state index in [4.69, 9.17) is 4.42 Å². The van der Waals surface area contributed by atoms with E-state index in [9.17, 15) is 18.8 Å². The van der Waals surface area contributed by atoms with Crippen molar-refractivity contribution in [2.45, 2.75) is 13.0 Å². The van der Waals surface area contributed by atoms with Crippen molar-refractivity contribution in [2.24, 2.45) is 0 Å². The maximum absolute atomic E-state index is 13.2. The van der Waals surface area contributed by atoms with Gasteiger partial charge in [0.15, 0.2) is 5.58 Å². The van der Waals surface area contributed by atoms with Gasteiger partial charge in [0.1, 0.15) is 11.9 Å². The molecule has 2 amide bonds. The molecule has 0 spiro atoms. The van der Waals surface area contributed by atoms with Crippen molar-refractivity contribution in [3.05, 3.63) is 64.9 Å². The number of piperazine rings is 1. The minimum absolute atomic E-state index is 0.153. The molecule has 1 atom stereocenters. The first-order chi connectivity index (χ1) is 14.9. The maximum atomic E-state index is 13.2. The van der Waals surface area contributed by atoms with Crippen LogP contribution in [0.1, 0.15) is 13.0 Å². The molecule has 1 fully saturated rings. The normalized spacial score (nSPS) is 15.7. The van der Waals surface area contributed by atoms with Crippen LogP contribution in [0.25, 0.3) is 11.1 Å². The summed E-state index contributed by atoms with van der Waals surface area (Å²) in [5.41, 5.74) is 1.44. The van der Waals surface area contributed by atoms with Crippen LogP contribution >= 0.6 is 0 Å². The van der Waals surface area contributed by atoms with Gasteiger partial charge in [0.25, 0.3) is 0 Å². The number of nitrogens with zero attached hydrogens (tertiary/aromatic N) is 3. The van der Waals surface area contributed by atoms with Crippen molar-refractivity contribution in [1.29, 1.82) is 0 Å². The van der Waals surface area contributed by atoms with E-state index >= 15 is 0 Å². The van der Waals surface area contributed by atoms with Crippen LogP contribution in [0.3, 0.4) is 0 Å². The molecule has 2 aromatic carbocycles. The van der Waals surface area contributed by atoms with Gasteiger partial charge in [-0.1, -0.05) is 18.2 Å². The highest BCUT2D eigenvalue weighted by molar-refractivity contribution is 5.92. The molecule has 1 unspecified atom stereocenters. The van der Waals surface area contributed by atoms with Crippen molar-refractivity contribution in [3.8, 4) is 0 Å². The molecule has 8 nitrogen and oxygen atoms in total. The highest BCUT2D eigenvalue weighted by Gasteiger charge is 2.28. The highest BCUT2D eigenvalue weighted by Crippen LogP contribution is 2.19. The monoisotopic (exact) mass is 426 g/mol. The number of fused-ring (bicyclic) bond motifs is 1. The van der Waals surface area contributed by atoms with Gasteiger partial charge in [0, 0.05) is 31.9 Å². The second-order valence-corrected chi connectivity index (χ2v) is 7.54. The number of hydrogen-bond acceptors (Lipinski definition) is 5. The number of rotatable bonds is 5. The third kappa shape index (κ3) is 4.51. The molecule has 1 N–H and O–H groups in total. The molecule has 0 saturated carbocycles. The van der Waals surface area contributed by atoms with Crippen molar-refractivity contribution < 1.29 is 18.4 Å². The number of anilines is 1. The smallest absolute Gasteiger partial charge is 0.408 e. The summed E-state index contributed by atoms with van der Waals surface area (Å²) in [6, 6.07) is 12.0. The van der Waals surface area contributed by atoms with E-state index in [1.165, 1.54) is 22.8 Å². The van der Waals surface area contributed by atoms with Crippen LogP contribution in [0.5, 0.6) is 0 Å². The molecule has 162 valence electrons. The quantitative estimate of drug-likeness (QED) is 0.675. The molecule has 0 bridgehead atoms. The van der Waals surface area contributed by atoms with E-state index < -0.39 is 17.6 Å². The minimum atomic E-state index is -0.695. The average molecular weight is 426 g/mol. The number of para-hydroxylation sites is 2. The Bertz CT molecular complexity index is 1160. The second kappa shape index (κ2) is 8.73. The predicted molar refractivity (Wildman–Crippen MR) is 113 cm³/mol. The largest absolute Gasteiger partial charge is 0.420 e. The molecule has 0 aliphatic carbocycles. The Labute approximate surface area is 177 Å². The molecule has 1 aliphatic rings. The molecule has 9 heteroatoms. The summed E-state index contributed by atoms with van der Waals surface area (Å²) in [7, 11) is 0. The van der Waals surface area contributed by atoms with Gasteiger partial charge in [-0.05, 0) is 37.3 Å². The zero-order chi connectivity index (χ0) is 22.0. The molecule has 31 heavy (non-hydrogen) atoms. The van der Waals surface area contributed by atoms with E-state index in [1.807, 2.05) is 4.90 Å². The van der Waals surface area contributed by atoms with E-state index in [0.29, 0.717) is 43.0 Å². The van der Waals surface area contributed by atoms with Crippen molar-refractivity contribution in [1.82, 2.24) is 14.4 Å². The van der Waals surface area contributed by atoms with Crippen LogP contribution in [-0.4, -0.2) is 58.9 Å². The average Bonchev–Trinajstić information content (AvgIpc) is 3.09. The SMILES string of the molecule is CC(C(=O)N1CCN(CC(=O)Nc2cccc(F)c2)CC1)n1c(=O)oc2ccccc21. The van der Waals surface area contributed by atoms with Gasteiger partial charge in [-0.25, -0.2) is 9.18 Å². The molecule has 0 radical (unpaired) electrons. The zero-order valence-electron chi connectivity index (χ0n) is 17.1. The number of hydrogen-bond donors (Lipinski definition) is 1. The van der Waals surface area contributed by atoms with Gasteiger partial charge >= 0.3 is 5.76 Å². The third-order valence-corrected chi connectivity index (χ3v) is 5.42. The Balaban J connectivity index is 1.34. The van der Waals surface area contributed by atoms with Crippen molar-refractivity contribution >= 4 is 28.6 Å². The predicted octanol–water partition coefficient (Wildman–Crippen LogP) is 2.08. The lowest BCUT2D eigenvalue weighted by atomic mass is 10.2. The lowest BCUT2D eigenvalue weighted by Crippen LogP contribution is -2.52. The van der Waals surface area contributed by atoms with E-state index in [1.54, 1.807) is 42.2 Å². The first-order valence-electron chi connectivity index (χ1n) is 10.1. The molecule has 4 rings (SSSR count). The van der Waals surface area contributed by atoms with Crippen LogP contribution < -0.4 is 11.1 Å². The summed E-state index contributed by atoms with van der Waals surface area (Å²) in [6.07, 6.45) is 0. The van der Waals surface area contributed by atoms with Gasteiger partial charge in [0.2, 0.25) is 11.8 Å². The van der Waals surface area contributed by atoms with Crippen molar-refractivity contribution in [2.75, 3.05) is 38.0 Å². The molecular formula is C22H23FN4O4. The summed E-state index contributed by atoms with van der Waals surface area (Å²) >= 11 is 0. The number of carbonyl (C=O) groups is 2. The lowest BCUT2D eigenvalue weighted by molar-refractivity contribution is -0.136. The molecule has 1 aromatic heterocycles. The first kappa shape index (κ1) is 20.8. The summed E-state index contributed by atoms with van der Waals surface area (Å²) in [6.45, 7) is 3.78. The summed E-state index contributed by atoms with van der Waals surface area (Å²) in [5, 5.41) is 2.67. The van der Waals surface area contributed by atoms with Gasteiger partial charge in [-0.3, -0.25) is 19.1 Å².